The van der Waals surface area contributed by atoms with Crippen LogP contribution in [0, 0.1) is 19.3 Å². The number of Topliss-reactive ketones (excluding diaryl/α,β-unsaturated/α-hetero) is 1. The largest absolute Gasteiger partial charge is 0.354 e. The number of unbranched alkanes of at least 4 members (excludes halogenated alkanes) is 2. The minimum absolute atomic E-state index is 0.0228. The number of rotatable bonds is 11. The predicted octanol–water partition coefficient (Wildman–Crippen LogP) is 5.22. The number of aromatic nitrogens is 4. The molecule has 2 aliphatic rings. The molecule has 1 aliphatic carbocycles. The third-order valence-electron chi connectivity index (χ3n) is 9.28. The highest BCUT2D eigenvalue weighted by molar-refractivity contribution is 6.07. The Labute approximate surface area is 258 Å². The molecule has 6 rings (SSSR count). The Morgan fingerprint density at radius 1 is 0.977 bits per heavy atom. The molecule has 1 N–H and O–H groups in total. The molecular weight excluding hydrogens is 552 g/mol. The molecule has 44 heavy (non-hydrogen) atoms. The van der Waals surface area contributed by atoms with Gasteiger partial charge in [-0.25, -0.2) is 9.97 Å². The second kappa shape index (κ2) is 11.9. The highest BCUT2D eigenvalue weighted by Gasteiger charge is 2.64. The summed E-state index contributed by atoms with van der Waals surface area (Å²) in [4.78, 5) is 50.3. The van der Waals surface area contributed by atoms with Gasteiger partial charge in [0.25, 0.3) is 0 Å². The van der Waals surface area contributed by atoms with Crippen LogP contribution in [0.2, 0.25) is 0 Å². The van der Waals surface area contributed by atoms with Crippen molar-refractivity contribution in [1.82, 2.24) is 30.0 Å². The maximum atomic E-state index is 13.9. The molecule has 228 valence electrons. The zero-order chi connectivity index (χ0) is 31.0. The first kappa shape index (κ1) is 29.7. The molecule has 0 bridgehead atoms. The zero-order valence-electron chi connectivity index (χ0n) is 26.0. The molecule has 0 spiro atoms. The number of amides is 2. The number of fused-ring (bicyclic) bond motifs is 2. The van der Waals surface area contributed by atoms with Gasteiger partial charge < -0.3 is 10.2 Å². The van der Waals surface area contributed by atoms with Gasteiger partial charge in [-0.3, -0.25) is 19.1 Å². The summed E-state index contributed by atoms with van der Waals surface area (Å²) in [6.45, 7) is 8.01. The number of carbonyl (C=O) groups excluding carboxylic acids is 3. The molecule has 1 saturated heterocycles. The van der Waals surface area contributed by atoms with E-state index < -0.39 is 6.04 Å². The molecule has 9 heteroatoms. The van der Waals surface area contributed by atoms with Gasteiger partial charge in [-0.15, -0.1) is 0 Å². The molecule has 0 unspecified atom stereocenters. The van der Waals surface area contributed by atoms with E-state index in [4.69, 9.17) is 0 Å². The van der Waals surface area contributed by atoms with E-state index in [0.717, 1.165) is 54.3 Å². The van der Waals surface area contributed by atoms with E-state index in [1.165, 1.54) is 12.5 Å². The molecule has 4 aromatic rings. The van der Waals surface area contributed by atoms with Gasteiger partial charge in [-0.2, -0.15) is 5.10 Å². The molecule has 2 amide bonds. The van der Waals surface area contributed by atoms with Crippen molar-refractivity contribution in [3.63, 3.8) is 0 Å². The monoisotopic (exact) mass is 592 g/mol. The van der Waals surface area contributed by atoms with E-state index in [9.17, 15) is 14.4 Å². The summed E-state index contributed by atoms with van der Waals surface area (Å²) in [7, 11) is 0. The van der Waals surface area contributed by atoms with Crippen molar-refractivity contribution in [2.75, 3.05) is 6.54 Å². The minimum atomic E-state index is -0.487. The number of hydrogen-bond donors (Lipinski definition) is 1. The first-order valence-corrected chi connectivity index (χ1v) is 15.6. The van der Waals surface area contributed by atoms with Crippen molar-refractivity contribution >= 4 is 28.5 Å². The highest BCUT2D eigenvalue weighted by Crippen LogP contribution is 2.59. The maximum Gasteiger partial charge on any atom is 0.245 e. The summed E-state index contributed by atoms with van der Waals surface area (Å²) < 4.78 is 1.64. The minimum Gasteiger partial charge on any atom is -0.354 e. The van der Waals surface area contributed by atoms with E-state index in [1.54, 1.807) is 22.0 Å². The lowest BCUT2D eigenvalue weighted by Gasteiger charge is -2.27. The fourth-order valence-electron chi connectivity index (χ4n) is 6.78. The maximum absolute atomic E-state index is 13.9. The standard InChI is InChI=1S/C35H40N6O3/c1-22-15-26(27-19-37-24(3)38-20-27)16-28-32(23(2)42)39-40(33(22)28)21-31(43)41-29(17-35(4)18-30(35)41)34(44)36-14-10-6-9-13-25-11-7-5-8-12-25/h5,7-8,11-12,15-16,19-20,29-30H,6,9-10,13-14,17-18,21H2,1-4H3,(H,36,44)/t29-,30+,35-/m0/s1. The Morgan fingerprint density at radius 3 is 2.45 bits per heavy atom. The van der Waals surface area contributed by atoms with Crippen LogP contribution in [0.1, 0.15) is 73.4 Å². The van der Waals surface area contributed by atoms with Crippen molar-refractivity contribution in [2.45, 2.75) is 84.8 Å². The Balaban J connectivity index is 1.15. The second-order valence-corrected chi connectivity index (χ2v) is 12.8. The summed E-state index contributed by atoms with van der Waals surface area (Å²) in [6.07, 6.45) is 9.15. The lowest BCUT2D eigenvalue weighted by Crippen LogP contribution is -2.49. The number of ketones is 1. The summed E-state index contributed by atoms with van der Waals surface area (Å²) in [5.41, 5.74) is 5.00. The van der Waals surface area contributed by atoms with E-state index >= 15 is 0 Å². The number of hydrogen-bond acceptors (Lipinski definition) is 6. The molecule has 1 aliphatic heterocycles. The van der Waals surface area contributed by atoms with Crippen molar-refractivity contribution in [2.24, 2.45) is 5.41 Å². The number of likely N-dealkylation sites (tertiary alicyclic amines) is 1. The lowest BCUT2D eigenvalue weighted by molar-refractivity contribution is -0.140. The fraction of sp³-hybridized carbons (Fsp3) is 0.429. The average molecular weight is 593 g/mol. The third-order valence-corrected chi connectivity index (χ3v) is 9.28. The zero-order valence-corrected chi connectivity index (χ0v) is 26.0. The van der Waals surface area contributed by atoms with Crippen LogP contribution in [-0.2, 0) is 22.6 Å². The molecule has 0 radical (unpaired) electrons. The number of piperidine rings is 1. The SMILES string of the molecule is CC(=O)c1nn(CC(=O)N2[C@H](C(=O)NCCCCCc3ccccc3)C[C@@]3(C)C[C@@H]23)c2c(C)cc(-c3cnc(C)nc3)cc12. The van der Waals surface area contributed by atoms with Crippen LogP contribution in [0.5, 0.6) is 0 Å². The summed E-state index contributed by atoms with van der Waals surface area (Å²) in [5.74, 6) is 0.288. The molecule has 1 saturated carbocycles. The van der Waals surface area contributed by atoms with E-state index in [0.29, 0.717) is 29.9 Å². The normalized spacial score (nSPS) is 20.5. The van der Waals surface area contributed by atoms with Gasteiger partial charge in [0.15, 0.2) is 5.78 Å². The van der Waals surface area contributed by atoms with Crippen molar-refractivity contribution in [3.05, 3.63) is 77.5 Å². The first-order valence-electron chi connectivity index (χ1n) is 15.6. The Bertz CT molecular complexity index is 1710. The number of nitrogens with zero attached hydrogens (tertiary/aromatic N) is 5. The van der Waals surface area contributed by atoms with Gasteiger partial charge in [0, 0.05) is 42.9 Å². The van der Waals surface area contributed by atoms with Crippen LogP contribution < -0.4 is 5.32 Å². The van der Waals surface area contributed by atoms with Gasteiger partial charge in [-0.05, 0) is 80.2 Å². The van der Waals surface area contributed by atoms with Crippen LogP contribution >= 0.6 is 0 Å². The van der Waals surface area contributed by atoms with E-state index in [-0.39, 0.29) is 35.6 Å². The molecule has 2 fully saturated rings. The topological polar surface area (TPSA) is 110 Å². The smallest absolute Gasteiger partial charge is 0.245 e. The third kappa shape index (κ3) is 5.87. The number of benzene rings is 2. The molecule has 2 aromatic carbocycles. The van der Waals surface area contributed by atoms with Crippen LogP contribution in [0.15, 0.2) is 54.9 Å². The molecular formula is C35H40N6O3. The van der Waals surface area contributed by atoms with Gasteiger partial charge in [0.05, 0.1) is 5.52 Å². The number of carbonyl (C=O) groups is 3. The summed E-state index contributed by atoms with van der Waals surface area (Å²) in [5, 5.41) is 8.42. The average Bonchev–Trinajstić information content (AvgIpc) is 3.35. The van der Waals surface area contributed by atoms with Crippen LogP contribution in [-0.4, -0.2) is 60.9 Å². The molecule has 9 nitrogen and oxygen atoms in total. The van der Waals surface area contributed by atoms with Gasteiger partial charge >= 0.3 is 0 Å². The van der Waals surface area contributed by atoms with Gasteiger partial charge in [-0.1, -0.05) is 43.7 Å². The predicted molar refractivity (Wildman–Crippen MR) is 169 cm³/mol. The molecule has 3 heterocycles. The van der Waals surface area contributed by atoms with Gasteiger partial charge in [0.1, 0.15) is 24.1 Å². The Morgan fingerprint density at radius 2 is 1.73 bits per heavy atom. The van der Waals surface area contributed by atoms with E-state index in [1.807, 2.05) is 32.0 Å². The quantitative estimate of drug-likeness (QED) is 0.189. The second-order valence-electron chi connectivity index (χ2n) is 12.8. The lowest BCUT2D eigenvalue weighted by atomic mass is 10.0. The van der Waals surface area contributed by atoms with E-state index in [2.05, 4.69) is 51.6 Å². The van der Waals surface area contributed by atoms with Crippen molar-refractivity contribution in [3.8, 4) is 11.1 Å². The van der Waals surface area contributed by atoms with Gasteiger partial charge in [0.2, 0.25) is 11.8 Å². The molecule has 3 atom stereocenters. The van der Waals surface area contributed by atoms with Crippen LogP contribution in [0.25, 0.3) is 22.0 Å². The summed E-state index contributed by atoms with van der Waals surface area (Å²) >= 11 is 0. The summed E-state index contributed by atoms with van der Waals surface area (Å²) in [6, 6.07) is 13.9. The Kier molecular flexibility index (Phi) is 8.05. The van der Waals surface area contributed by atoms with Crippen LogP contribution in [0.3, 0.4) is 0 Å². The molecule has 2 aromatic heterocycles. The Hall–Kier alpha value is -4.40. The number of nitrogens with one attached hydrogen (secondary N) is 1. The highest BCUT2D eigenvalue weighted by atomic mass is 16.2. The number of aryl methyl sites for hydroxylation is 3. The van der Waals surface area contributed by atoms with Crippen LogP contribution in [0.4, 0.5) is 0 Å². The van der Waals surface area contributed by atoms with Crippen molar-refractivity contribution in [1.29, 1.82) is 0 Å². The first-order chi connectivity index (χ1) is 21.1. The van der Waals surface area contributed by atoms with Crippen molar-refractivity contribution < 1.29 is 14.4 Å². The fourth-order valence-corrected chi connectivity index (χ4v) is 6.78.